The summed E-state index contributed by atoms with van der Waals surface area (Å²) < 4.78 is 2.16. The van der Waals surface area contributed by atoms with Gasteiger partial charge in [0.2, 0.25) is 0 Å². The van der Waals surface area contributed by atoms with Crippen LogP contribution in [0.4, 0.5) is 34.1 Å². The van der Waals surface area contributed by atoms with E-state index in [0.717, 1.165) is 22.1 Å². The summed E-state index contributed by atoms with van der Waals surface area (Å²) in [5, 5.41) is 8.30. The molecule has 0 aliphatic carbocycles. The number of rotatable bonds is 6. The molecule has 0 amide bonds. The summed E-state index contributed by atoms with van der Waals surface area (Å²) in [6.07, 6.45) is 0. The van der Waals surface area contributed by atoms with Crippen molar-refractivity contribution < 1.29 is 0 Å². The van der Waals surface area contributed by atoms with Crippen molar-refractivity contribution in [1.29, 1.82) is 0 Å². The molecule has 0 spiro atoms. The Morgan fingerprint density at radius 1 is 0.733 bits per heavy atom. The van der Waals surface area contributed by atoms with Crippen LogP contribution in [0, 0.1) is 0 Å². The van der Waals surface area contributed by atoms with Crippen LogP contribution in [0.1, 0.15) is 0 Å². The molecule has 0 atom stereocenters. The minimum atomic E-state index is 0.997. The highest BCUT2D eigenvalue weighted by atomic mass is 15.2. The van der Waals surface area contributed by atoms with E-state index in [2.05, 4.69) is 117 Å². The minimum absolute atomic E-state index is 0.997. The third-order valence-electron chi connectivity index (χ3n) is 5.43. The monoisotopic (exact) mass is 403 g/mol. The Kier molecular flexibility index (Phi) is 4.80. The number of fused-ring (bicyclic) bond motifs is 1. The SMILES string of the molecule is CN(C)c1c(N(C)C)c1=Nc1cccc2c(Nc3c(N(C)C)c3=[N+](C)C)cccc12. The fourth-order valence-corrected chi connectivity index (χ4v) is 4.02. The summed E-state index contributed by atoms with van der Waals surface area (Å²) in [5.74, 6) is 0. The van der Waals surface area contributed by atoms with E-state index in [1.807, 2.05) is 0 Å². The van der Waals surface area contributed by atoms with Crippen molar-refractivity contribution in [1.82, 2.24) is 4.58 Å². The summed E-state index contributed by atoms with van der Waals surface area (Å²) in [7, 11) is 16.6. The molecule has 0 fully saturated rings. The van der Waals surface area contributed by atoms with Gasteiger partial charge in [-0.15, -0.1) is 0 Å². The Morgan fingerprint density at radius 2 is 1.30 bits per heavy atom. The number of nitrogens with one attached hydrogen (secondary N) is 1. The van der Waals surface area contributed by atoms with Crippen LogP contribution in [-0.2, 0) is 0 Å². The highest BCUT2D eigenvalue weighted by Crippen LogP contribution is 2.37. The molecule has 4 aromatic rings. The van der Waals surface area contributed by atoms with Crippen LogP contribution in [0.25, 0.3) is 10.8 Å². The Balaban J connectivity index is 1.79. The average Bonchev–Trinajstić information content (AvgIpc) is 3.55. The molecular weight excluding hydrogens is 372 g/mol. The van der Waals surface area contributed by atoms with Crippen LogP contribution >= 0.6 is 0 Å². The highest BCUT2D eigenvalue weighted by molar-refractivity contribution is 6.03. The second-order valence-electron chi connectivity index (χ2n) is 8.61. The molecule has 0 bridgehead atoms. The molecule has 1 N–H and O–H groups in total. The number of anilines is 5. The molecule has 0 heterocycles. The van der Waals surface area contributed by atoms with Gasteiger partial charge in [-0.25, -0.2) is 9.57 Å². The molecule has 0 aromatic heterocycles. The van der Waals surface area contributed by atoms with Gasteiger partial charge in [-0.1, -0.05) is 24.3 Å². The van der Waals surface area contributed by atoms with Gasteiger partial charge in [0.25, 0.3) is 5.36 Å². The van der Waals surface area contributed by atoms with E-state index in [-0.39, 0.29) is 0 Å². The molecular formula is C24H31N6+. The van der Waals surface area contributed by atoms with Gasteiger partial charge in [0.05, 0.1) is 17.1 Å². The largest absolute Gasteiger partial charge is 0.374 e. The van der Waals surface area contributed by atoms with Crippen molar-refractivity contribution in [3.63, 3.8) is 0 Å². The molecule has 0 unspecified atom stereocenters. The van der Waals surface area contributed by atoms with Gasteiger partial charge < -0.3 is 20.0 Å². The quantitative estimate of drug-likeness (QED) is 0.503. The van der Waals surface area contributed by atoms with E-state index >= 15 is 0 Å². The van der Waals surface area contributed by atoms with Crippen LogP contribution < -0.4 is 35.3 Å². The molecule has 4 rings (SSSR count). The fraction of sp³-hybridized carbons (Fsp3) is 0.333. The minimum Gasteiger partial charge on any atom is -0.374 e. The average molecular weight is 404 g/mol. The first-order chi connectivity index (χ1) is 14.2. The van der Waals surface area contributed by atoms with E-state index in [1.54, 1.807) is 0 Å². The van der Waals surface area contributed by atoms with Crippen LogP contribution in [0.5, 0.6) is 0 Å². The third-order valence-corrected chi connectivity index (χ3v) is 5.43. The number of nitrogens with zero attached hydrogens (tertiary/aromatic N) is 5. The molecule has 6 heteroatoms. The number of hydrogen-bond donors (Lipinski definition) is 1. The first-order valence-electron chi connectivity index (χ1n) is 10.2. The molecule has 156 valence electrons. The normalized spacial score (nSPS) is 11.3. The standard InChI is InChI=1S/C24H30N6/c1-27(2)21-19(22(21)28(3)4)25-17-13-9-12-16-15(17)11-10-14-18(16)26-20-23(29(5)6)24(20)30(7)8/h9-14H,1-8H3/p+1. The molecule has 0 saturated carbocycles. The van der Waals surface area contributed by atoms with Crippen LogP contribution in [-0.4, -0.2) is 56.4 Å². The molecule has 0 radical (unpaired) electrons. The van der Waals surface area contributed by atoms with Gasteiger partial charge in [0, 0.05) is 58.7 Å². The summed E-state index contributed by atoms with van der Waals surface area (Å²) in [6.45, 7) is 0. The van der Waals surface area contributed by atoms with Gasteiger partial charge in [-0.3, -0.25) is 0 Å². The zero-order valence-electron chi connectivity index (χ0n) is 19.2. The molecule has 4 aromatic carbocycles. The predicted molar refractivity (Wildman–Crippen MR) is 130 cm³/mol. The summed E-state index contributed by atoms with van der Waals surface area (Å²) in [6, 6.07) is 12.7. The van der Waals surface area contributed by atoms with Gasteiger partial charge in [-0.2, -0.15) is 0 Å². The number of benzene rings is 2. The lowest BCUT2D eigenvalue weighted by molar-refractivity contribution is 0.830. The van der Waals surface area contributed by atoms with Gasteiger partial charge in [-0.05, 0) is 12.1 Å². The van der Waals surface area contributed by atoms with Gasteiger partial charge in [0.15, 0.2) is 0 Å². The lowest BCUT2D eigenvalue weighted by Gasteiger charge is -2.09. The van der Waals surface area contributed by atoms with Crippen LogP contribution in [0.3, 0.4) is 0 Å². The van der Waals surface area contributed by atoms with Crippen molar-refractivity contribution >= 4 is 44.9 Å². The van der Waals surface area contributed by atoms with Gasteiger partial charge in [0.1, 0.15) is 30.8 Å². The van der Waals surface area contributed by atoms with Gasteiger partial charge >= 0.3 is 0 Å². The molecule has 0 saturated heterocycles. The maximum Gasteiger partial charge on any atom is 0.251 e. The van der Waals surface area contributed by atoms with Crippen molar-refractivity contribution in [3.05, 3.63) is 47.1 Å². The van der Waals surface area contributed by atoms with E-state index in [9.17, 15) is 0 Å². The maximum absolute atomic E-state index is 5.02. The lowest BCUT2D eigenvalue weighted by atomic mass is 10.1. The molecule has 0 aliphatic heterocycles. The van der Waals surface area contributed by atoms with Crippen molar-refractivity contribution in [2.24, 2.45) is 4.99 Å². The Morgan fingerprint density at radius 3 is 1.83 bits per heavy atom. The first-order valence-corrected chi connectivity index (χ1v) is 10.2. The van der Waals surface area contributed by atoms with E-state index in [0.29, 0.717) is 0 Å². The van der Waals surface area contributed by atoms with Crippen LogP contribution in [0.2, 0.25) is 0 Å². The number of hydrogen-bond acceptors (Lipinski definition) is 5. The maximum atomic E-state index is 5.02. The first kappa shape index (κ1) is 20.0. The highest BCUT2D eigenvalue weighted by Gasteiger charge is 2.29. The zero-order chi connectivity index (χ0) is 21.7. The third kappa shape index (κ3) is 3.32. The molecule has 0 aliphatic rings. The predicted octanol–water partition coefficient (Wildman–Crippen LogP) is 2.80. The second kappa shape index (κ2) is 7.20. The molecule has 30 heavy (non-hydrogen) atoms. The van der Waals surface area contributed by atoms with Crippen molar-refractivity contribution in [2.45, 2.75) is 0 Å². The smallest absolute Gasteiger partial charge is 0.251 e. The fourth-order valence-electron chi connectivity index (χ4n) is 4.02. The zero-order valence-corrected chi connectivity index (χ0v) is 19.2. The van der Waals surface area contributed by atoms with Crippen molar-refractivity contribution in [2.75, 3.05) is 76.4 Å². The summed E-state index contributed by atoms with van der Waals surface area (Å²) >= 11 is 0. The van der Waals surface area contributed by atoms with E-state index < -0.39 is 0 Å². The Labute approximate surface area is 178 Å². The summed E-state index contributed by atoms with van der Waals surface area (Å²) in [4.78, 5) is 11.4. The van der Waals surface area contributed by atoms with E-state index in [1.165, 1.54) is 33.5 Å². The van der Waals surface area contributed by atoms with Crippen LogP contribution in [0.15, 0.2) is 41.4 Å². The van der Waals surface area contributed by atoms with Crippen molar-refractivity contribution in [3.8, 4) is 0 Å². The summed E-state index contributed by atoms with van der Waals surface area (Å²) in [5.41, 5.74) is 6.94. The topological polar surface area (TPSA) is 37.1 Å². The van der Waals surface area contributed by atoms with E-state index in [4.69, 9.17) is 4.99 Å². The Hall–Kier alpha value is -3.28. The molecule has 6 nitrogen and oxygen atoms in total. The lowest BCUT2D eigenvalue weighted by Crippen LogP contribution is -2.17. The Bertz CT molecular complexity index is 1240. The second-order valence-corrected chi connectivity index (χ2v) is 8.61.